The van der Waals surface area contributed by atoms with Crippen molar-refractivity contribution in [3.8, 4) is 5.75 Å². The minimum Gasteiger partial charge on any atom is -0.494 e. The number of aromatic nitrogens is 3. The summed E-state index contributed by atoms with van der Waals surface area (Å²) in [6.45, 7) is 9.09. The van der Waals surface area contributed by atoms with Gasteiger partial charge in [0.15, 0.2) is 0 Å². The molecule has 0 bridgehead atoms. The quantitative estimate of drug-likeness (QED) is 0.329. The Morgan fingerprint density at radius 3 is 2.80 bits per heavy atom. The molecule has 1 aromatic heterocycles. The molecular formula is C22H30N4O3S. The van der Waals surface area contributed by atoms with Crippen molar-refractivity contribution in [3.05, 3.63) is 41.1 Å². The number of unbranched alkanes of at least 4 members (excludes halogenated alkanes) is 1. The van der Waals surface area contributed by atoms with Crippen LogP contribution in [0.1, 0.15) is 58.6 Å². The number of nitrogens with one attached hydrogen (secondary N) is 1. The van der Waals surface area contributed by atoms with Crippen LogP contribution in [0.5, 0.6) is 5.75 Å². The number of benzene rings is 1. The van der Waals surface area contributed by atoms with E-state index in [1.807, 2.05) is 38.1 Å². The maximum atomic E-state index is 13.0. The summed E-state index contributed by atoms with van der Waals surface area (Å²) in [5.74, 6) is 1.93. The number of anilines is 1. The lowest BCUT2D eigenvalue weighted by Crippen LogP contribution is -2.29. The van der Waals surface area contributed by atoms with Gasteiger partial charge in [-0.1, -0.05) is 51.1 Å². The number of carbonyl (C=O) groups is 1. The molecule has 2 aromatic rings. The highest BCUT2D eigenvalue weighted by atomic mass is 32.2. The van der Waals surface area contributed by atoms with Crippen molar-refractivity contribution in [2.75, 3.05) is 24.3 Å². The van der Waals surface area contributed by atoms with E-state index in [1.165, 1.54) is 0 Å². The van der Waals surface area contributed by atoms with Crippen molar-refractivity contribution in [3.63, 3.8) is 0 Å². The third-order valence-electron chi connectivity index (χ3n) is 4.70. The first-order valence-corrected chi connectivity index (χ1v) is 11.5. The first-order valence-electron chi connectivity index (χ1n) is 10.6. The number of allylic oxidation sites excluding steroid dienone is 1. The molecule has 1 aromatic carbocycles. The maximum absolute atomic E-state index is 13.0. The van der Waals surface area contributed by atoms with Gasteiger partial charge in [0, 0.05) is 5.70 Å². The zero-order valence-electron chi connectivity index (χ0n) is 18.1. The number of nitrogens with zero attached hydrogens (tertiary/aromatic N) is 3. The van der Waals surface area contributed by atoms with E-state index in [-0.39, 0.29) is 5.97 Å². The normalized spacial score (nSPS) is 15.5. The number of hydrogen-bond acceptors (Lipinski definition) is 7. The number of fused-ring (bicyclic) bond motifs is 1. The van der Waals surface area contributed by atoms with E-state index in [0.717, 1.165) is 42.0 Å². The summed E-state index contributed by atoms with van der Waals surface area (Å²) in [5.41, 5.74) is 2.18. The van der Waals surface area contributed by atoms with E-state index in [1.54, 1.807) is 16.4 Å². The van der Waals surface area contributed by atoms with Gasteiger partial charge >= 0.3 is 5.97 Å². The van der Waals surface area contributed by atoms with Gasteiger partial charge in [0.05, 0.1) is 18.8 Å². The van der Waals surface area contributed by atoms with E-state index in [4.69, 9.17) is 9.47 Å². The van der Waals surface area contributed by atoms with Gasteiger partial charge in [0.2, 0.25) is 11.1 Å². The number of esters is 1. The standard InChI is InChI=1S/C22H30N4O3S/c1-5-8-13-28-17-11-9-10-16(14-17)19-18(20(27)29-12-6-2)15(4)23-21-24-22(30-7-3)25-26(19)21/h9-11,14,19H,5-8,12-13H2,1-4H3,(H,23,24,25). The molecule has 162 valence electrons. The Labute approximate surface area is 182 Å². The van der Waals surface area contributed by atoms with Crippen LogP contribution in [0.3, 0.4) is 0 Å². The van der Waals surface area contributed by atoms with Gasteiger partial charge < -0.3 is 14.8 Å². The molecule has 1 N–H and O–H groups in total. The summed E-state index contributed by atoms with van der Waals surface area (Å²) >= 11 is 1.57. The van der Waals surface area contributed by atoms with E-state index in [9.17, 15) is 4.79 Å². The molecule has 0 radical (unpaired) electrons. The highest BCUT2D eigenvalue weighted by molar-refractivity contribution is 7.99. The van der Waals surface area contributed by atoms with Crippen molar-refractivity contribution in [1.82, 2.24) is 14.8 Å². The lowest BCUT2D eigenvalue weighted by molar-refractivity contribution is -0.139. The van der Waals surface area contributed by atoms with Gasteiger partial charge in [0.25, 0.3) is 0 Å². The summed E-state index contributed by atoms with van der Waals surface area (Å²) in [4.78, 5) is 17.6. The van der Waals surface area contributed by atoms with Crippen LogP contribution < -0.4 is 10.1 Å². The van der Waals surface area contributed by atoms with Crippen LogP contribution in [0.2, 0.25) is 0 Å². The first kappa shape index (κ1) is 22.2. The van der Waals surface area contributed by atoms with Crippen LogP contribution in [0, 0.1) is 0 Å². The number of ether oxygens (including phenoxy) is 2. The molecule has 1 aliphatic heterocycles. The van der Waals surface area contributed by atoms with E-state index in [0.29, 0.717) is 29.9 Å². The zero-order valence-corrected chi connectivity index (χ0v) is 18.9. The molecule has 7 nitrogen and oxygen atoms in total. The Bertz CT molecular complexity index is 910. The largest absolute Gasteiger partial charge is 0.494 e. The number of carbonyl (C=O) groups excluding carboxylic acids is 1. The number of rotatable bonds is 10. The maximum Gasteiger partial charge on any atom is 0.338 e. The average molecular weight is 431 g/mol. The molecule has 1 atom stereocenters. The fourth-order valence-corrected chi connectivity index (χ4v) is 3.83. The highest BCUT2D eigenvalue weighted by Crippen LogP contribution is 2.37. The van der Waals surface area contributed by atoms with E-state index >= 15 is 0 Å². The van der Waals surface area contributed by atoms with Crippen LogP contribution in [-0.2, 0) is 9.53 Å². The van der Waals surface area contributed by atoms with E-state index < -0.39 is 6.04 Å². The number of hydrogen-bond donors (Lipinski definition) is 1. The topological polar surface area (TPSA) is 78.3 Å². The molecular weight excluding hydrogens is 400 g/mol. The third-order valence-corrected chi connectivity index (χ3v) is 5.42. The van der Waals surface area contributed by atoms with E-state index in [2.05, 4.69) is 29.2 Å². The molecule has 2 heterocycles. The number of thioether (sulfide) groups is 1. The van der Waals surface area contributed by atoms with Gasteiger partial charge in [-0.3, -0.25) is 0 Å². The van der Waals surface area contributed by atoms with Crippen LogP contribution in [-0.4, -0.2) is 39.7 Å². The summed E-state index contributed by atoms with van der Waals surface area (Å²) in [6.07, 6.45) is 2.84. The Balaban J connectivity index is 2.02. The van der Waals surface area contributed by atoms with Crippen LogP contribution in [0.15, 0.2) is 40.7 Å². The smallest absolute Gasteiger partial charge is 0.338 e. The van der Waals surface area contributed by atoms with Gasteiger partial charge in [-0.2, -0.15) is 4.98 Å². The van der Waals surface area contributed by atoms with Crippen molar-refractivity contribution < 1.29 is 14.3 Å². The molecule has 1 unspecified atom stereocenters. The molecule has 0 fully saturated rings. The van der Waals surface area contributed by atoms with Crippen LogP contribution in [0.4, 0.5) is 5.95 Å². The lowest BCUT2D eigenvalue weighted by atomic mass is 9.95. The predicted octanol–water partition coefficient (Wildman–Crippen LogP) is 4.81. The SMILES string of the molecule is CCCCOc1cccc(C2C(C(=O)OCCC)=C(C)Nc3nc(SCC)nn32)c1. The Morgan fingerprint density at radius 2 is 2.07 bits per heavy atom. The lowest BCUT2D eigenvalue weighted by Gasteiger charge is -2.28. The van der Waals surface area contributed by atoms with Gasteiger partial charge in [-0.15, -0.1) is 5.10 Å². The summed E-state index contributed by atoms with van der Waals surface area (Å²) < 4.78 is 13.2. The monoisotopic (exact) mass is 430 g/mol. The van der Waals surface area contributed by atoms with Crippen LogP contribution >= 0.6 is 11.8 Å². The molecule has 8 heteroatoms. The van der Waals surface area contributed by atoms with Crippen molar-refractivity contribution >= 4 is 23.7 Å². The Hall–Kier alpha value is -2.48. The average Bonchev–Trinajstić information content (AvgIpc) is 3.13. The van der Waals surface area contributed by atoms with Crippen molar-refractivity contribution in [1.29, 1.82) is 0 Å². The van der Waals surface area contributed by atoms with Gasteiger partial charge in [-0.05, 0) is 43.2 Å². The fraction of sp³-hybridized carbons (Fsp3) is 0.500. The van der Waals surface area contributed by atoms with Crippen molar-refractivity contribution in [2.45, 2.75) is 58.2 Å². The molecule has 1 aliphatic rings. The molecule has 0 saturated carbocycles. The first-order chi connectivity index (χ1) is 14.6. The minimum atomic E-state index is -0.431. The van der Waals surface area contributed by atoms with Crippen LogP contribution in [0.25, 0.3) is 0 Å². The summed E-state index contributed by atoms with van der Waals surface area (Å²) in [6, 6.07) is 7.41. The third kappa shape index (κ3) is 4.98. The minimum absolute atomic E-state index is 0.338. The molecule has 0 amide bonds. The van der Waals surface area contributed by atoms with Crippen molar-refractivity contribution in [2.24, 2.45) is 0 Å². The molecule has 0 saturated heterocycles. The highest BCUT2D eigenvalue weighted by Gasteiger charge is 2.35. The fourth-order valence-electron chi connectivity index (χ4n) is 3.28. The predicted molar refractivity (Wildman–Crippen MR) is 119 cm³/mol. The molecule has 30 heavy (non-hydrogen) atoms. The second kappa shape index (κ2) is 10.5. The summed E-state index contributed by atoms with van der Waals surface area (Å²) in [5, 5.41) is 8.58. The Kier molecular flexibility index (Phi) is 7.79. The molecule has 0 spiro atoms. The molecule has 3 rings (SSSR count). The van der Waals surface area contributed by atoms with Gasteiger partial charge in [0.1, 0.15) is 11.8 Å². The second-order valence-electron chi connectivity index (χ2n) is 7.07. The summed E-state index contributed by atoms with van der Waals surface area (Å²) in [7, 11) is 0. The van der Waals surface area contributed by atoms with Gasteiger partial charge in [-0.25, -0.2) is 9.48 Å². The second-order valence-corrected chi connectivity index (χ2v) is 8.30. The Morgan fingerprint density at radius 1 is 1.23 bits per heavy atom. The zero-order chi connectivity index (χ0) is 21.5. The molecule has 0 aliphatic carbocycles.